The lowest BCUT2D eigenvalue weighted by Crippen LogP contribution is -2.16. The molecule has 0 bridgehead atoms. The third-order valence-electron chi connectivity index (χ3n) is 3.09. The van der Waals surface area contributed by atoms with Crippen molar-refractivity contribution in [1.82, 2.24) is 14.8 Å². The number of halogens is 1. The number of anilines is 1. The van der Waals surface area contributed by atoms with Gasteiger partial charge >= 0.3 is 5.69 Å². The van der Waals surface area contributed by atoms with E-state index in [0.29, 0.717) is 16.4 Å². The van der Waals surface area contributed by atoms with Crippen LogP contribution in [0.2, 0.25) is 5.02 Å². The van der Waals surface area contributed by atoms with E-state index in [2.05, 4.69) is 15.4 Å². The van der Waals surface area contributed by atoms with Crippen LogP contribution in [0.4, 0.5) is 11.5 Å². The van der Waals surface area contributed by atoms with Crippen molar-refractivity contribution < 1.29 is 9.72 Å². The first-order valence-electron chi connectivity index (χ1n) is 6.49. The Kier molecular flexibility index (Phi) is 4.71. The van der Waals surface area contributed by atoms with Gasteiger partial charge in [0.15, 0.2) is 5.82 Å². The van der Waals surface area contributed by atoms with Gasteiger partial charge in [0, 0.05) is 12.6 Å². The minimum atomic E-state index is -0.470. The Morgan fingerprint density at radius 1 is 1.50 bits per heavy atom. The summed E-state index contributed by atoms with van der Waals surface area (Å²) in [6, 6.07) is 3.28. The number of carbonyl (C=O) groups excluding carboxylic acids is 1. The fourth-order valence-corrected chi connectivity index (χ4v) is 2.22. The van der Waals surface area contributed by atoms with Gasteiger partial charge in [0.1, 0.15) is 11.4 Å². The van der Waals surface area contributed by atoms with Crippen LogP contribution in [0.25, 0.3) is 0 Å². The molecule has 2 rings (SSSR count). The molecule has 116 valence electrons. The van der Waals surface area contributed by atoms with Gasteiger partial charge in [-0.3, -0.25) is 19.6 Å². The number of aryl methyl sites for hydroxylation is 2. The molecule has 0 unspecified atom stereocenters. The second-order valence-electron chi connectivity index (χ2n) is 4.63. The van der Waals surface area contributed by atoms with Crippen LogP contribution in [-0.2, 0) is 11.3 Å². The van der Waals surface area contributed by atoms with Crippen LogP contribution >= 0.6 is 11.6 Å². The number of nitrogens with one attached hydrogen (secondary N) is 1. The zero-order valence-corrected chi connectivity index (χ0v) is 12.8. The van der Waals surface area contributed by atoms with Crippen molar-refractivity contribution in [3.8, 4) is 0 Å². The molecule has 0 aliphatic heterocycles. The van der Waals surface area contributed by atoms with Crippen molar-refractivity contribution in [3.05, 3.63) is 44.9 Å². The van der Waals surface area contributed by atoms with Crippen molar-refractivity contribution in [3.63, 3.8) is 0 Å². The number of rotatable bonds is 5. The van der Waals surface area contributed by atoms with Gasteiger partial charge in [-0.25, -0.2) is 4.98 Å². The van der Waals surface area contributed by atoms with Gasteiger partial charge < -0.3 is 5.32 Å². The quantitative estimate of drug-likeness (QED) is 0.672. The van der Waals surface area contributed by atoms with Crippen molar-refractivity contribution in [1.29, 1.82) is 0 Å². The van der Waals surface area contributed by atoms with Gasteiger partial charge in [-0.05, 0) is 26.0 Å². The van der Waals surface area contributed by atoms with Crippen molar-refractivity contribution in [2.75, 3.05) is 5.32 Å². The van der Waals surface area contributed by atoms with Gasteiger partial charge in [0.2, 0.25) is 5.91 Å². The molecule has 22 heavy (non-hydrogen) atoms. The molecule has 2 aromatic rings. The molecule has 0 aliphatic carbocycles. The standard InChI is InChI=1S/C13H14ClN5O3/c1-8-12(19(21)22)9(2)18(17-8)7-5-11(20)16-13-10(14)4-3-6-15-13/h3-4,6H,5,7H2,1-2H3,(H,15,16,20). The average Bonchev–Trinajstić information content (AvgIpc) is 2.73. The monoisotopic (exact) mass is 323 g/mol. The maximum absolute atomic E-state index is 11.9. The Balaban J connectivity index is 2.02. The summed E-state index contributed by atoms with van der Waals surface area (Å²) in [5.41, 5.74) is 0.732. The van der Waals surface area contributed by atoms with Gasteiger partial charge in [-0.1, -0.05) is 11.6 Å². The molecule has 0 spiro atoms. The van der Waals surface area contributed by atoms with E-state index in [1.54, 1.807) is 26.0 Å². The van der Waals surface area contributed by atoms with Crippen LogP contribution in [0.1, 0.15) is 17.8 Å². The lowest BCUT2D eigenvalue weighted by atomic mass is 10.3. The lowest BCUT2D eigenvalue weighted by molar-refractivity contribution is -0.386. The number of pyridine rings is 1. The Hall–Kier alpha value is -2.48. The summed E-state index contributed by atoms with van der Waals surface area (Å²) in [6.07, 6.45) is 1.62. The molecule has 0 aromatic carbocycles. The molecule has 0 radical (unpaired) electrons. The van der Waals surface area contributed by atoms with Crippen molar-refractivity contribution in [2.45, 2.75) is 26.8 Å². The predicted octanol–water partition coefficient (Wildman–Crippen LogP) is 2.49. The minimum Gasteiger partial charge on any atom is -0.309 e. The third kappa shape index (κ3) is 3.40. The minimum absolute atomic E-state index is 0.0202. The first kappa shape index (κ1) is 15.9. The molecule has 0 fully saturated rings. The Morgan fingerprint density at radius 3 is 2.82 bits per heavy atom. The van der Waals surface area contributed by atoms with Gasteiger partial charge in [0.05, 0.1) is 16.5 Å². The van der Waals surface area contributed by atoms with Crippen LogP contribution in [0.15, 0.2) is 18.3 Å². The fraction of sp³-hybridized carbons (Fsp3) is 0.308. The smallest absolute Gasteiger partial charge is 0.309 e. The SMILES string of the molecule is Cc1nn(CCC(=O)Nc2ncccc2Cl)c(C)c1[N+](=O)[O-]. The summed E-state index contributed by atoms with van der Waals surface area (Å²) < 4.78 is 1.45. The third-order valence-corrected chi connectivity index (χ3v) is 3.40. The van der Waals surface area contributed by atoms with Crippen LogP contribution in [-0.4, -0.2) is 25.6 Å². The Morgan fingerprint density at radius 2 is 2.23 bits per heavy atom. The largest absolute Gasteiger partial charge is 0.312 e. The van der Waals surface area contributed by atoms with Gasteiger partial charge in [0.25, 0.3) is 0 Å². The van der Waals surface area contributed by atoms with Crippen LogP contribution in [0.3, 0.4) is 0 Å². The molecular weight excluding hydrogens is 310 g/mol. The van der Waals surface area contributed by atoms with Crippen LogP contribution in [0.5, 0.6) is 0 Å². The summed E-state index contributed by atoms with van der Waals surface area (Å²) in [5.74, 6) is -0.00989. The normalized spacial score (nSPS) is 10.5. The second-order valence-corrected chi connectivity index (χ2v) is 5.04. The molecule has 1 amide bonds. The highest BCUT2D eigenvalue weighted by Gasteiger charge is 2.21. The number of amides is 1. The fourth-order valence-electron chi connectivity index (χ4n) is 2.05. The van der Waals surface area contributed by atoms with Crippen molar-refractivity contribution in [2.24, 2.45) is 0 Å². The number of carbonyl (C=O) groups is 1. The van der Waals surface area contributed by atoms with Gasteiger partial charge in [-0.2, -0.15) is 5.10 Å². The summed E-state index contributed by atoms with van der Waals surface area (Å²) in [6.45, 7) is 3.40. The van der Waals surface area contributed by atoms with E-state index in [0.717, 1.165) is 0 Å². The highest BCUT2D eigenvalue weighted by molar-refractivity contribution is 6.33. The molecule has 0 aliphatic rings. The van der Waals surface area contributed by atoms with Crippen LogP contribution < -0.4 is 5.32 Å². The topological polar surface area (TPSA) is 103 Å². The summed E-state index contributed by atoms with van der Waals surface area (Å²) in [5, 5.41) is 17.9. The molecule has 2 aromatic heterocycles. The molecule has 0 saturated heterocycles. The Bertz CT molecular complexity index is 728. The lowest BCUT2D eigenvalue weighted by Gasteiger charge is -2.06. The van der Waals surface area contributed by atoms with E-state index in [1.165, 1.54) is 10.9 Å². The molecular formula is C13H14ClN5O3. The van der Waals surface area contributed by atoms with E-state index >= 15 is 0 Å². The maximum atomic E-state index is 11.9. The summed E-state index contributed by atoms with van der Waals surface area (Å²) in [4.78, 5) is 26.3. The zero-order valence-electron chi connectivity index (χ0n) is 12.0. The van der Waals surface area contributed by atoms with E-state index in [9.17, 15) is 14.9 Å². The number of hydrogen-bond acceptors (Lipinski definition) is 5. The Labute approximate surface area is 131 Å². The molecule has 1 N–H and O–H groups in total. The molecule has 0 atom stereocenters. The van der Waals surface area contributed by atoms with E-state index < -0.39 is 4.92 Å². The van der Waals surface area contributed by atoms with E-state index in [4.69, 9.17) is 11.6 Å². The van der Waals surface area contributed by atoms with Crippen LogP contribution in [0, 0.1) is 24.0 Å². The van der Waals surface area contributed by atoms with Crippen molar-refractivity contribution >= 4 is 29.0 Å². The van der Waals surface area contributed by atoms with Gasteiger partial charge in [-0.15, -0.1) is 0 Å². The highest BCUT2D eigenvalue weighted by Crippen LogP contribution is 2.22. The number of nitrogens with zero attached hydrogens (tertiary/aromatic N) is 4. The maximum Gasteiger partial charge on any atom is 0.312 e. The average molecular weight is 324 g/mol. The number of aromatic nitrogens is 3. The number of hydrogen-bond donors (Lipinski definition) is 1. The summed E-state index contributed by atoms with van der Waals surface area (Å²) in [7, 11) is 0. The number of nitro groups is 1. The zero-order chi connectivity index (χ0) is 16.3. The molecule has 2 heterocycles. The highest BCUT2D eigenvalue weighted by atomic mass is 35.5. The first-order chi connectivity index (χ1) is 10.4. The van der Waals surface area contributed by atoms with E-state index in [1.807, 2.05) is 0 Å². The summed E-state index contributed by atoms with van der Waals surface area (Å²) >= 11 is 5.90. The predicted molar refractivity (Wildman–Crippen MR) is 80.8 cm³/mol. The first-order valence-corrected chi connectivity index (χ1v) is 6.86. The molecule has 0 saturated carbocycles. The molecule has 8 nitrogen and oxygen atoms in total. The second kappa shape index (κ2) is 6.52. The molecule has 9 heteroatoms. The van der Waals surface area contributed by atoms with E-state index in [-0.39, 0.29) is 30.4 Å².